The highest BCUT2D eigenvalue weighted by molar-refractivity contribution is 5.97. The summed E-state index contributed by atoms with van der Waals surface area (Å²) in [6, 6.07) is 7.99. The Morgan fingerprint density at radius 1 is 1.35 bits per heavy atom. The second kappa shape index (κ2) is 5.32. The average molecular weight is 232 g/mol. The third-order valence-corrected chi connectivity index (χ3v) is 3.42. The minimum atomic E-state index is -0.00615. The normalized spacial score (nSPS) is 20.0. The van der Waals surface area contributed by atoms with E-state index in [1.54, 1.807) is 4.90 Å². The molecule has 0 bridgehead atoms. The summed E-state index contributed by atoms with van der Waals surface area (Å²) in [5.41, 5.74) is 2.14. The molecule has 1 N–H and O–H groups in total. The highest BCUT2D eigenvalue weighted by atomic mass is 16.2. The molecule has 92 valence electrons. The molecule has 1 heterocycles. The summed E-state index contributed by atoms with van der Waals surface area (Å²) in [6.45, 7) is 2.99. The number of hydrogen-bond acceptors (Lipinski definition) is 2. The fourth-order valence-electron chi connectivity index (χ4n) is 2.35. The molecular weight excluding hydrogens is 212 g/mol. The molecule has 1 saturated heterocycles. The Morgan fingerprint density at radius 2 is 2.12 bits per heavy atom. The van der Waals surface area contributed by atoms with Crippen LogP contribution in [0.2, 0.25) is 0 Å². The highest BCUT2D eigenvalue weighted by Gasteiger charge is 2.24. The monoisotopic (exact) mass is 232 g/mol. The molecule has 17 heavy (non-hydrogen) atoms. The second-order valence-electron chi connectivity index (χ2n) is 4.69. The van der Waals surface area contributed by atoms with Crippen LogP contribution in [0.15, 0.2) is 24.3 Å². The van der Waals surface area contributed by atoms with E-state index in [0.717, 1.165) is 30.6 Å². The molecule has 1 aromatic carbocycles. The van der Waals surface area contributed by atoms with Crippen molar-refractivity contribution in [3.63, 3.8) is 0 Å². The van der Waals surface area contributed by atoms with E-state index in [-0.39, 0.29) is 11.9 Å². The topological polar surface area (TPSA) is 32.3 Å². The van der Waals surface area contributed by atoms with Crippen molar-refractivity contribution in [3.05, 3.63) is 29.8 Å². The molecule has 1 aliphatic heterocycles. The third-order valence-electron chi connectivity index (χ3n) is 3.42. The molecule has 1 amide bonds. The van der Waals surface area contributed by atoms with Gasteiger partial charge in [-0.2, -0.15) is 0 Å². The van der Waals surface area contributed by atoms with E-state index in [1.165, 1.54) is 6.42 Å². The predicted molar refractivity (Wildman–Crippen MR) is 70.2 cm³/mol. The lowest BCUT2D eigenvalue weighted by Crippen LogP contribution is -2.47. The van der Waals surface area contributed by atoms with Crippen LogP contribution in [-0.4, -0.2) is 25.5 Å². The summed E-state index contributed by atoms with van der Waals surface area (Å²) in [5, 5.41) is 3.30. The molecule has 1 fully saturated rings. The van der Waals surface area contributed by atoms with Crippen LogP contribution in [0, 0.1) is 6.92 Å². The van der Waals surface area contributed by atoms with Gasteiger partial charge in [-0.25, -0.2) is 0 Å². The lowest BCUT2D eigenvalue weighted by molar-refractivity contribution is -0.120. The number of anilines is 1. The standard InChI is InChI=1S/C14H20N2O/c1-11-7-3-4-9-13(11)16(2)14(17)12-8-5-6-10-15-12/h3-4,7,9,12,15H,5-6,8,10H2,1-2H3/t12-/m1/s1. The van der Waals surface area contributed by atoms with E-state index in [0.29, 0.717) is 0 Å². The van der Waals surface area contributed by atoms with Crippen molar-refractivity contribution >= 4 is 11.6 Å². The van der Waals surface area contributed by atoms with Crippen molar-refractivity contribution in [1.82, 2.24) is 5.32 Å². The number of aryl methyl sites for hydroxylation is 1. The quantitative estimate of drug-likeness (QED) is 0.847. The smallest absolute Gasteiger partial charge is 0.243 e. The maximum atomic E-state index is 12.3. The van der Waals surface area contributed by atoms with Gasteiger partial charge < -0.3 is 10.2 Å². The summed E-state index contributed by atoms with van der Waals surface area (Å²) in [4.78, 5) is 14.1. The summed E-state index contributed by atoms with van der Waals surface area (Å²) in [6.07, 6.45) is 3.28. The van der Waals surface area contributed by atoms with Gasteiger partial charge in [0.25, 0.3) is 0 Å². The van der Waals surface area contributed by atoms with Crippen molar-refractivity contribution < 1.29 is 4.79 Å². The molecule has 1 aromatic rings. The van der Waals surface area contributed by atoms with Gasteiger partial charge in [0.05, 0.1) is 6.04 Å². The lowest BCUT2D eigenvalue weighted by atomic mass is 10.0. The summed E-state index contributed by atoms with van der Waals surface area (Å²) in [5.74, 6) is 0.180. The first kappa shape index (κ1) is 12.1. The number of benzene rings is 1. The zero-order chi connectivity index (χ0) is 12.3. The van der Waals surface area contributed by atoms with Gasteiger partial charge in [-0.1, -0.05) is 24.6 Å². The zero-order valence-electron chi connectivity index (χ0n) is 10.6. The molecule has 1 atom stereocenters. The number of nitrogens with zero attached hydrogens (tertiary/aromatic N) is 1. The van der Waals surface area contributed by atoms with Gasteiger partial charge in [-0.3, -0.25) is 4.79 Å². The fraction of sp³-hybridized carbons (Fsp3) is 0.500. The van der Waals surface area contributed by atoms with Crippen LogP contribution in [0.1, 0.15) is 24.8 Å². The highest BCUT2D eigenvalue weighted by Crippen LogP contribution is 2.20. The SMILES string of the molecule is Cc1ccccc1N(C)C(=O)[C@H]1CCCCN1. The summed E-state index contributed by atoms with van der Waals surface area (Å²) >= 11 is 0. The van der Waals surface area contributed by atoms with Gasteiger partial charge in [0, 0.05) is 12.7 Å². The molecule has 0 aliphatic carbocycles. The van der Waals surface area contributed by atoms with Crippen molar-refractivity contribution in [2.45, 2.75) is 32.2 Å². The molecule has 3 nitrogen and oxygen atoms in total. The number of carbonyl (C=O) groups is 1. The molecule has 0 radical (unpaired) electrons. The molecule has 0 unspecified atom stereocenters. The third kappa shape index (κ3) is 2.67. The Kier molecular flexibility index (Phi) is 3.79. The van der Waals surface area contributed by atoms with E-state index < -0.39 is 0 Å². The Labute approximate surface area is 103 Å². The second-order valence-corrected chi connectivity index (χ2v) is 4.69. The van der Waals surface area contributed by atoms with E-state index >= 15 is 0 Å². The largest absolute Gasteiger partial charge is 0.314 e. The Morgan fingerprint density at radius 3 is 2.76 bits per heavy atom. The first-order valence-electron chi connectivity index (χ1n) is 6.27. The van der Waals surface area contributed by atoms with Crippen LogP contribution >= 0.6 is 0 Å². The Balaban J connectivity index is 2.11. The fourth-order valence-corrected chi connectivity index (χ4v) is 2.35. The van der Waals surface area contributed by atoms with Crippen LogP contribution in [0.25, 0.3) is 0 Å². The molecule has 0 spiro atoms. The zero-order valence-corrected chi connectivity index (χ0v) is 10.6. The van der Waals surface area contributed by atoms with E-state index in [4.69, 9.17) is 0 Å². The number of hydrogen-bond donors (Lipinski definition) is 1. The number of carbonyl (C=O) groups excluding carboxylic acids is 1. The van der Waals surface area contributed by atoms with Gasteiger partial charge in [0.15, 0.2) is 0 Å². The Hall–Kier alpha value is -1.35. The maximum absolute atomic E-state index is 12.3. The molecule has 0 saturated carbocycles. The number of amides is 1. The summed E-state index contributed by atoms with van der Waals surface area (Å²) in [7, 11) is 1.86. The number of nitrogens with one attached hydrogen (secondary N) is 1. The van der Waals surface area contributed by atoms with Crippen molar-refractivity contribution in [2.75, 3.05) is 18.5 Å². The van der Waals surface area contributed by atoms with E-state index in [2.05, 4.69) is 5.32 Å². The predicted octanol–water partition coefficient (Wildman–Crippen LogP) is 2.10. The van der Waals surface area contributed by atoms with E-state index in [1.807, 2.05) is 38.2 Å². The van der Waals surface area contributed by atoms with Crippen molar-refractivity contribution in [1.29, 1.82) is 0 Å². The Bertz CT molecular complexity index is 397. The number of likely N-dealkylation sites (N-methyl/N-ethyl adjacent to an activating group) is 1. The molecule has 2 rings (SSSR count). The van der Waals surface area contributed by atoms with Crippen LogP contribution in [0.4, 0.5) is 5.69 Å². The van der Waals surface area contributed by atoms with Crippen molar-refractivity contribution in [3.8, 4) is 0 Å². The number of rotatable bonds is 2. The van der Waals surface area contributed by atoms with Crippen molar-refractivity contribution in [2.24, 2.45) is 0 Å². The van der Waals surface area contributed by atoms with Crippen LogP contribution < -0.4 is 10.2 Å². The minimum absolute atomic E-state index is 0.00615. The molecule has 3 heteroatoms. The molecule has 0 aromatic heterocycles. The number of piperidine rings is 1. The minimum Gasteiger partial charge on any atom is -0.314 e. The van der Waals surface area contributed by atoms with Crippen LogP contribution in [0.5, 0.6) is 0 Å². The summed E-state index contributed by atoms with van der Waals surface area (Å²) < 4.78 is 0. The van der Waals surface area contributed by atoms with Gasteiger partial charge in [0.2, 0.25) is 5.91 Å². The van der Waals surface area contributed by atoms with E-state index in [9.17, 15) is 4.79 Å². The van der Waals surface area contributed by atoms with Crippen LogP contribution in [-0.2, 0) is 4.79 Å². The van der Waals surface area contributed by atoms with Gasteiger partial charge >= 0.3 is 0 Å². The van der Waals surface area contributed by atoms with Crippen LogP contribution in [0.3, 0.4) is 0 Å². The maximum Gasteiger partial charge on any atom is 0.243 e. The first-order chi connectivity index (χ1) is 8.20. The molecular formula is C14H20N2O. The van der Waals surface area contributed by atoms with Gasteiger partial charge in [-0.15, -0.1) is 0 Å². The lowest BCUT2D eigenvalue weighted by Gasteiger charge is -2.28. The van der Waals surface area contributed by atoms with Gasteiger partial charge in [-0.05, 0) is 37.9 Å². The first-order valence-corrected chi connectivity index (χ1v) is 6.27. The van der Waals surface area contributed by atoms with Gasteiger partial charge in [0.1, 0.15) is 0 Å². The molecule has 1 aliphatic rings. The average Bonchev–Trinajstić information content (AvgIpc) is 2.39. The number of para-hydroxylation sites is 1.